The Bertz CT molecular complexity index is 1360. The predicted octanol–water partition coefficient (Wildman–Crippen LogP) is 16.0. The van der Waals surface area contributed by atoms with Crippen molar-refractivity contribution >= 4 is 21.7 Å². The van der Waals surface area contributed by atoms with Crippen molar-refractivity contribution in [1.29, 1.82) is 0 Å². The predicted molar refractivity (Wildman–Crippen MR) is 223 cm³/mol. The Morgan fingerprint density at radius 2 is 0.681 bits per heavy atom. The summed E-state index contributed by atoms with van der Waals surface area (Å²) in [4.78, 5) is 0. The minimum absolute atomic E-state index is 1.22. The lowest BCUT2D eigenvalue weighted by Crippen LogP contribution is -1.91. The molecule has 0 bridgehead atoms. The Kier molecular flexibility index (Phi) is 40.3. The SMILES string of the molecule is CC.CC.CC.CC.CC.CC.CC.Cc1cccc(-n2ccc3ccccc32)c1.Cc1ccccc1.c1ccc2ccccc2c1. The third-order valence-corrected chi connectivity index (χ3v) is 5.48. The van der Waals surface area contributed by atoms with Gasteiger partial charge < -0.3 is 4.57 Å². The molecule has 6 aromatic rings. The number of aryl methyl sites for hydroxylation is 2. The summed E-state index contributed by atoms with van der Waals surface area (Å²) in [6, 6.07) is 46.1. The molecule has 5 aromatic carbocycles. The smallest absolute Gasteiger partial charge is 0.0528 e. The van der Waals surface area contributed by atoms with Gasteiger partial charge in [0.2, 0.25) is 0 Å². The summed E-state index contributed by atoms with van der Waals surface area (Å²) < 4.78 is 2.22. The van der Waals surface area contributed by atoms with Gasteiger partial charge in [-0.3, -0.25) is 0 Å². The van der Waals surface area contributed by atoms with Gasteiger partial charge in [-0.05, 0) is 59.8 Å². The third-order valence-electron chi connectivity index (χ3n) is 5.48. The summed E-state index contributed by atoms with van der Waals surface area (Å²) in [5.74, 6) is 0. The van der Waals surface area contributed by atoms with Gasteiger partial charge in [0.1, 0.15) is 0 Å². The molecule has 1 nitrogen and oxygen atoms in total. The Morgan fingerprint density at radius 1 is 0.319 bits per heavy atom. The number of hydrogen-bond donors (Lipinski definition) is 0. The molecule has 0 atom stereocenters. The topological polar surface area (TPSA) is 4.93 Å². The summed E-state index contributed by atoms with van der Waals surface area (Å²) >= 11 is 0. The lowest BCUT2D eigenvalue weighted by atomic mass is 10.1. The van der Waals surface area contributed by atoms with Gasteiger partial charge in [0.05, 0.1) is 5.52 Å². The van der Waals surface area contributed by atoms with Gasteiger partial charge in [-0.2, -0.15) is 0 Å². The maximum absolute atomic E-state index is 2.22. The number of rotatable bonds is 1. The second-order valence-corrected chi connectivity index (χ2v) is 8.09. The molecule has 0 unspecified atom stereocenters. The van der Waals surface area contributed by atoms with Crippen LogP contribution < -0.4 is 0 Å². The molecule has 1 heteroatoms. The highest BCUT2D eigenvalue weighted by Gasteiger charge is 2.01. The van der Waals surface area contributed by atoms with E-state index in [2.05, 4.69) is 140 Å². The molecule has 47 heavy (non-hydrogen) atoms. The summed E-state index contributed by atoms with van der Waals surface area (Å²) in [6.45, 7) is 32.2. The van der Waals surface area contributed by atoms with Crippen molar-refractivity contribution in [2.45, 2.75) is 111 Å². The number of benzene rings is 5. The summed E-state index contributed by atoms with van der Waals surface area (Å²) in [7, 11) is 0. The van der Waals surface area contributed by atoms with Crippen LogP contribution >= 0.6 is 0 Å². The van der Waals surface area contributed by atoms with Crippen molar-refractivity contribution in [3.05, 3.63) is 151 Å². The molecule has 0 saturated heterocycles. The summed E-state index contributed by atoms with van der Waals surface area (Å²) in [6.07, 6.45) is 2.12. The Hall–Kier alpha value is -4.10. The fourth-order valence-corrected chi connectivity index (χ4v) is 3.75. The molecule has 1 heterocycles. The van der Waals surface area contributed by atoms with Crippen molar-refractivity contribution in [3.63, 3.8) is 0 Å². The van der Waals surface area contributed by atoms with Crippen molar-refractivity contribution in [3.8, 4) is 5.69 Å². The first-order valence-electron chi connectivity index (χ1n) is 18.3. The van der Waals surface area contributed by atoms with Crippen molar-refractivity contribution in [2.75, 3.05) is 0 Å². The standard InChI is InChI=1S/C15H13N.C10H8.C7H8.7C2H6/c1-12-5-4-7-14(11-12)16-10-9-13-6-2-3-8-15(13)16;1-2-6-10-8-4-3-7-9(10)5-1;1-7-5-3-2-4-6-7;7*1-2/h2-11H,1H3;1-8H;2-6H,1H3;7*1-2H3. The van der Waals surface area contributed by atoms with Crippen LogP contribution in [0.25, 0.3) is 27.4 Å². The second-order valence-electron chi connectivity index (χ2n) is 8.09. The first-order valence-corrected chi connectivity index (χ1v) is 18.3. The monoisotopic (exact) mass is 638 g/mol. The van der Waals surface area contributed by atoms with Gasteiger partial charge >= 0.3 is 0 Å². The second kappa shape index (κ2) is 38.1. The van der Waals surface area contributed by atoms with Crippen molar-refractivity contribution in [2.24, 2.45) is 0 Å². The summed E-state index contributed by atoms with van der Waals surface area (Å²) in [5, 5.41) is 3.90. The van der Waals surface area contributed by atoms with Crippen molar-refractivity contribution in [1.82, 2.24) is 4.57 Å². The number of hydrogen-bond acceptors (Lipinski definition) is 0. The number of fused-ring (bicyclic) bond motifs is 2. The Morgan fingerprint density at radius 3 is 1.06 bits per heavy atom. The molecule has 0 spiro atoms. The van der Waals surface area contributed by atoms with Gasteiger partial charge in [0.15, 0.2) is 0 Å². The highest BCUT2D eigenvalue weighted by Crippen LogP contribution is 2.20. The molecule has 0 N–H and O–H groups in total. The Balaban J connectivity index is -0.000000260. The zero-order valence-electron chi connectivity index (χ0n) is 33.2. The van der Waals surface area contributed by atoms with E-state index < -0.39 is 0 Å². The molecular formula is C46H71N. The number of para-hydroxylation sites is 1. The largest absolute Gasteiger partial charge is 0.317 e. The minimum Gasteiger partial charge on any atom is -0.317 e. The molecule has 260 valence electrons. The van der Waals surface area contributed by atoms with Crippen LogP contribution in [0.5, 0.6) is 0 Å². The van der Waals surface area contributed by atoms with Gasteiger partial charge in [0.25, 0.3) is 0 Å². The third kappa shape index (κ3) is 21.3. The van der Waals surface area contributed by atoms with Crippen LogP contribution in [0.2, 0.25) is 0 Å². The first kappa shape index (κ1) is 49.8. The fraction of sp³-hybridized carbons (Fsp3) is 0.348. The Labute approximate surface area is 292 Å². The highest BCUT2D eigenvalue weighted by atomic mass is 15.0. The molecule has 0 radical (unpaired) electrons. The van der Waals surface area contributed by atoms with E-state index in [0.717, 1.165) is 0 Å². The molecule has 0 aliphatic heterocycles. The average molecular weight is 638 g/mol. The van der Waals surface area contributed by atoms with E-state index >= 15 is 0 Å². The van der Waals surface area contributed by atoms with Crippen LogP contribution in [0.3, 0.4) is 0 Å². The van der Waals surface area contributed by atoms with Crippen LogP contribution in [-0.2, 0) is 0 Å². The van der Waals surface area contributed by atoms with E-state index in [1.54, 1.807) is 0 Å². The first-order chi connectivity index (χ1) is 23.2. The lowest BCUT2D eigenvalue weighted by Gasteiger charge is -2.06. The van der Waals surface area contributed by atoms with E-state index in [4.69, 9.17) is 0 Å². The van der Waals surface area contributed by atoms with Gasteiger partial charge in [-0.15, -0.1) is 0 Å². The molecule has 0 saturated carbocycles. The molecule has 0 aliphatic rings. The van der Waals surface area contributed by atoms with Crippen LogP contribution in [0.4, 0.5) is 0 Å². The molecular weight excluding hydrogens is 567 g/mol. The maximum atomic E-state index is 2.22. The van der Waals surface area contributed by atoms with E-state index in [9.17, 15) is 0 Å². The molecule has 6 rings (SSSR count). The van der Waals surface area contributed by atoms with Gasteiger partial charge in [0, 0.05) is 11.9 Å². The molecule has 0 amide bonds. The molecule has 0 aliphatic carbocycles. The lowest BCUT2D eigenvalue weighted by molar-refractivity contribution is 1.12. The maximum Gasteiger partial charge on any atom is 0.0528 e. The number of nitrogens with zero attached hydrogens (tertiary/aromatic N) is 1. The van der Waals surface area contributed by atoms with Crippen LogP contribution in [0.15, 0.2) is 140 Å². The zero-order valence-corrected chi connectivity index (χ0v) is 33.2. The van der Waals surface area contributed by atoms with E-state index in [1.165, 1.54) is 38.5 Å². The van der Waals surface area contributed by atoms with Gasteiger partial charge in [-0.1, -0.05) is 212 Å². The van der Waals surface area contributed by atoms with E-state index in [1.807, 2.05) is 115 Å². The van der Waals surface area contributed by atoms with Crippen LogP contribution in [0, 0.1) is 13.8 Å². The average Bonchev–Trinajstić information content (AvgIpc) is 3.63. The minimum atomic E-state index is 1.22. The fourth-order valence-electron chi connectivity index (χ4n) is 3.75. The van der Waals surface area contributed by atoms with E-state index in [-0.39, 0.29) is 0 Å². The van der Waals surface area contributed by atoms with E-state index in [0.29, 0.717) is 0 Å². The quantitative estimate of drug-likeness (QED) is 0.169. The van der Waals surface area contributed by atoms with Gasteiger partial charge in [-0.25, -0.2) is 0 Å². The van der Waals surface area contributed by atoms with Crippen LogP contribution in [0.1, 0.15) is 108 Å². The zero-order chi connectivity index (χ0) is 36.9. The number of aromatic nitrogens is 1. The molecule has 0 fully saturated rings. The normalized spacial score (nSPS) is 8.00. The molecule has 1 aromatic heterocycles. The highest BCUT2D eigenvalue weighted by molar-refractivity contribution is 5.82. The van der Waals surface area contributed by atoms with Crippen LogP contribution in [-0.4, -0.2) is 4.57 Å². The summed E-state index contributed by atoms with van der Waals surface area (Å²) in [5.41, 5.74) is 5.09. The van der Waals surface area contributed by atoms with Crippen molar-refractivity contribution < 1.29 is 0 Å².